The van der Waals surface area contributed by atoms with Gasteiger partial charge < -0.3 is 15.1 Å². The lowest BCUT2D eigenvalue weighted by molar-refractivity contribution is -0.187. The van der Waals surface area contributed by atoms with E-state index in [1.54, 1.807) is 34.1 Å². The number of hydrazine groups is 1. The number of amides is 4. The maximum atomic E-state index is 13.9. The molecule has 202 valence electrons. The number of rotatable bonds is 6. The maximum Gasteiger partial charge on any atom is 0.334 e. The monoisotopic (exact) mass is 521 g/mol. The zero-order valence-electron chi connectivity index (χ0n) is 21.9. The average Bonchev–Trinajstić information content (AvgIpc) is 2.91. The van der Waals surface area contributed by atoms with Gasteiger partial charge in [-0.25, -0.2) is 19.2 Å². The van der Waals surface area contributed by atoms with Gasteiger partial charge in [-0.05, 0) is 42.0 Å². The molecule has 1 saturated carbocycles. The van der Waals surface area contributed by atoms with Crippen LogP contribution in [0.2, 0.25) is 0 Å². The second-order valence-corrected chi connectivity index (χ2v) is 10.7. The molecule has 0 unspecified atom stereocenters. The molecule has 0 bridgehead atoms. The third-order valence-electron chi connectivity index (χ3n) is 7.98. The second-order valence-electron chi connectivity index (χ2n) is 10.7. The molecule has 9 heteroatoms. The number of halogens is 1. The number of carbonyl (C=O) groups excluding carboxylic acids is 3. The summed E-state index contributed by atoms with van der Waals surface area (Å²) in [5.41, 5.74) is 1.75. The number of benzene rings is 2. The van der Waals surface area contributed by atoms with E-state index in [0.717, 1.165) is 24.0 Å². The van der Waals surface area contributed by atoms with E-state index in [9.17, 15) is 18.8 Å². The Bertz CT molecular complexity index is 1140. The number of nitrogens with one attached hydrogen (secondary N) is 1. The fourth-order valence-corrected chi connectivity index (χ4v) is 6.05. The van der Waals surface area contributed by atoms with Gasteiger partial charge in [0.15, 0.2) is 0 Å². The topological polar surface area (TPSA) is 76.2 Å². The summed E-state index contributed by atoms with van der Waals surface area (Å²) in [5.74, 6) is -0.0966. The molecule has 4 amide bonds. The first-order valence-electron chi connectivity index (χ1n) is 13.6. The van der Waals surface area contributed by atoms with E-state index in [2.05, 4.69) is 5.32 Å². The van der Waals surface area contributed by atoms with Crippen LogP contribution >= 0.6 is 0 Å². The molecular formula is C29H36FN5O3. The van der Waals surface area contributed by atoms with E-state index in [0.29, 0.717) is 18.9 Å². The number of nitrogens with zero attached hydrogens (tertiary/aromatic N) is 4. The normalized spacial score (nSPS) is 22.9. The van der Waals surface area contributed by atoms with E-state index in [-0.39, 0.29) is 43.3 Å². The Kier molecular flexibility index (Phi) is 7.93. The molecule has 2 aliphatic heterocycles. The molecule has 3 aliphatic rings. The Hall–Kier alpha value is -3.46. The van der Waals surface area contributed by atoms with Gasteiger partial charge >= 0.3 is 6.03 Å². The van der Waals surface area contributed by atoms with Gasteiger partial charge in [0.25, 0.3) is 0 Å². The van der Waals surface area contributed by atoms with Crippen molar-refractivity contribution < 1.29 is 18.8 Å². The molecule has 2 heterocycles. The van der Waals surface area contributed by atoms with Gasteiger partial charge in [0.1, 0.15) is 18.0 Å². The SMILES string of the molecule is CN1CC(=O)N2[C@@H](Cc3ccccc3)C(=O)N(CC3CCCCC3)C[C@@H]2N1C(=O)NCc1ccc(F)cc1. The van der Waals surface area contributed by atoms with Crippen LogP contribution in [0.15, 0.2) is 54.6 Å². The van der Waals surface area contributed by atoms with Crippen LogP contribution in [0.4, 0.5) is 9.18 Å². The minimum atomic E-state index is -0.673. The molecule has 8 nitrogen and oxygen atoms in total. The van der Waals surface area contributed by atoms with Crippen LogP contribution in [0, 0.1) is 11.7 Å². The van der Waals surface area contributed by atoms with Crippen LogP contribution in [-0.2, 0) is 22.6 Å². The highest BCUT2D eigenvalue weighted by atomic mass is 19.1. The van der Waals surface area contributed by atoms with Crippen LogP contribution in [0.1, 0.15) is 43.2 Å². The lowest BCUT2D eigenvalue weighted by Gasteiger charge is -2.54. The number of urea groups is 1. The fourth-order valence-electron chi connectivity index (χ4n) is 6.05. The van der Waals surface area contributed by atoms with Crippen molar-refractivity contribution in [3.8, 4) is 0 Å². The molecule has 2 aromatic carbocycles. The Morgan fingerprint density at radius 3 is 2.39 bits per heavy atom. The van der Waals surface area contributed by atoms with E-state index in [1.165, 1.54) is 31.4 Å². The lowest BCUT2D eigenvalue weighted by Crippen LogP contribution is -2.76. The Morgan fingerprint density at radius 1 is 0.974 bits per heavy atom. The minimum Gasteiger partial charge on any atom is -0.337 e. The summed E-state index contributed by atoms with van der Waals surface area (Å²) < 4.78 is 13.3. The molecule has 5 rings (SSSR count). The van der Waals surface area contributed by atoms with Gasteiger partial charge in [-0.1, -0.05) is 61.7 Å². The number of piperazine rings is 1. The Balaban J connectivity index is 1.40. The smallest absolute Gasteiger partial charge is 0.334 e. The third kappa shape index (κ3) is 5.67. The number of carbonyl (C=O) groups is 3. The minimum absolute atomic E-state index is 0.00165. The van der Waals surface area contributed by atoms with E-state index >= 15 is 0 Å². The first-order valence-corrected chi connectivity index (χ1v) is 13.6. The number of likely N-dealkylation sites (N-methyl/N-ethyl adjacent to an activating group) is 1. The molecule has 0 spiro atoms. The summed E-state index contributed by atoms with van der Waals surface area (Å²) in [4.78, 5) is 44.3. The molecule has 2 atom stereocenters. The summed E-state index contributed by atoms with van der Waals surface area (Å²) in [6, 6.07) is 14.7. The van der Waals surface area contributed by atoms with Crippen molar-refractivity contribution in [1.29, 1.82) is 0 Å². The summed E-state index contributed by atoms with van der Waals surface area (Å²) >= 11 is 0. The van der Waals surface area contributed by atoms with Crippen molar-refractivity contribution in [3.63, 3.8) is 0 Å². The average molecular weight is 522 g/mol. The van der Waals surface area contributed by atoms with E-state index < -0.39 is 12.2 Å². The molecule has 0 radical (unpaired) electrons. The first kappa shape index (κ1) is 26.2. The fraction of sp³-hybridized carbons (Fsp3) is 0.483. The summed E-state index contributed by atoms with van der Waals surface area (Å²) in [7, 11) is 1.72. The second kappa shape index (κ2) is 11.5. The summed E-state index contributed by atoms with van der Waals surface area (Å²) in [5, 5.41) is 6.13. The molecular weight excluding hydrogens is 485 g/mol. The lowest BCUT2D eigenvalue weighted by atomic mass is 9.88. The van der Waals surface area contributed by atoms with Crippen LogP contribution in [0.5, 0.6) is 0 Å². The maximum absolute atomic E-state index is 13.9. The van der Waals surface area contributed by atoms with Gasteiger partial charge in [0, 0.05) is 26.6 Å². The van der Waals surface area contributed by atoms with Gasteiger partial charge in [-0.3, -0.25) is 9.59 Å². The van der Waals surface area contributed by atoms with Crippen molar-refractivity contribution in [2.75, 3.05) is 26.7 Å². The van der Waals surface area contributed by atoms with Crippen LogP contribution < -0.4 is 5.32 Å². The molecule has 2 aromatic rings. The quantitative estimate of drug-likeness (QED) is 0.633. The molecule has 1 N–H and O–H groups in total. The van der Waals surface area contributed by atoms with Crippen LogP contribution in [-0.4, -0.2) is 76.6 Å². The van der Waals surface area contributed by atoms with Crippen LogP contribution in [0.25, 0.3) is 0 Å². The van der Waals surface area contributed by atoms with Gasteiger partial charge in [0.05, 0.1) is 13.1 Å². The zero-order chi connectivity index (χ0) is 26.6. The highest BCUT2D eigenvalue weighted by molar-refractivity contribution is 5.91. The standard InChI is InChI=1S/C29H36FN5O3/c1-32-20-27(36)34-25(16-21-8-4-2-5-9-21)28(37)33(18-23-10-6-3-7-11-23)19-26(34)35(32)29(38)31-17-22-12-14-24(30)15-13-22/h2,4-5,8-9,12-15,23,25-26H,3,6-7,10-11,16-20H2,1H3,(H,31,38)/t25-,26-/m0/s1. The van der Waals surface area contributed by atoms with Crippen LogP contribution in [0.3, 0.4) is 0 Å². The number of hydrogen-bond donors (Lipinski definition) is 1. The number of hydrogen-bond acceptors (Lipinski definition) is 4. The van der Waals surface area contributed by atoms with Crippen molar-refractivity contribution in [1.82, 2.24) is 25.1 Å². The summed E-state index contributed by atoms with van der Waals surface area (Å²) in [6.07, 6.45) is 5.58. The van der Waals surface area contributed by atoms with Gasteiger partial charge in [-0.2, -0.15) is 0 Å². The van der Waals surface area contributed by atoms with Crippen molar-refractivity contribution in [3.05, 3.63) is 71.5 Å². The summed E-state index contributed by atoms with van der Waals surface area (Å²) in [6.45, 7) is 1.15. The highest BCUT2D eigenvalue weighted by Gasteiger charge is 2.50. The Morgan fingerprint density at radius 2 is 1.68 bits per heavy atom. The predicted octanol–water partition coefficient (Wildman–Crippen LogP) is 3.39. The highest BCUT2D eigenvalue weighted by Crippen LogP contribution is 2.31. The number of fused-ring (bicyclic) bond motifs is 1. The molecule has 1 aliphatic carbocycles. The third-order valence-corrected chi connectivity index (χ3v) is 7.98. The predicted molar refractivity (Wildman–Crippen MR) is 141 cm³/mol. The van der Waals surface area contributed by atoms with Crippen molar-refractivity contribution in [2.24, 2.45) is 5.92 Å². The first-order chi connectivity index (χ1) is 18.4. The van der Waals surface area contributed by atoms with E-state index in [4.69, 9.17) is 0 Å². The molecule has 2 saturated heterocycles. The molecule has 0 aromatic heterocycles. The van der Waals surface area contributed by atoms with Crippen molar-refractivity contribution >= 4 is 17.8 Å². The van der Waals surface area contributed by atoms with Gasteiger partial charge in [-0.15, -0.1) is 0 Å². The Labute approximate surface area is 223 Å². The molecule has 38 heavy (non-hydrogen) atoms. The largest absolute Gasteiger partial charge is 0.337 e. The zero-order valence-corrected chi connectivity index (χ0v) is 21.9. The van der Waals surface area contributed by atoms with Gasteiger partial charge in [0.2, 0.25) is 11.8 Å². The molecule has 3 fully saturated rings. The van der Waals surface area contributed by atoms with E-state index in [1.807, 2.05) is 35.2 Å². The van der Waals surface area contributed by atoms with Crippen molar-refractivity contribution in [2.45, 2.75) is 57.3 Å².